The van der Waals surface area contributed by atoms with Crippen molar-refractivity contribution in [3.63, 3.8) is 0 Å². The summed E-state index contributed by atoms with van der Waals surface area (Å²) in [5, 5.41) is 4.29. The van der Waals surface area contributed by atoms with E-state index in [1.54, 1.807) is 0 Å². The lowest BCUT2D eigenvalue weighted by molar-refractivity contribution is 0.590. The minimum absolute atomic E-state index is 0.0227. The number of anilines is 7. The van der Waals surface area contributed by atoms with Gasteiger partial charge in [-0.25, -0.2) is 0 Å². The zero-order chi connectivity index (χ0) is 47.5. The van der Waals surface area contributed by atoms with Crippen LogP contribution < -0.4 is 15.5 Å². The Morgan fingerprint density at radius 2 is 0.912 bits per heavy atom. The number of furan rings is 1. The Morgan fingerprint density at radius 3 is 1.53 bits per heavy atom. The maximum Gasteiger partial charge on any atom is 0.143 e. The lowest BCUT2D eigenvalue weighted by atomic mass is 9.84. The van der Waals surface area contributed by atoms with Gasteiger partial charge in [0.2, 0.25) is 0 Å². The molecule has 4 heteroatoms. The second-order valence-electron chi connectivity index (χ2n) is 21.4. The Bertz CT molecular complexity index is 3390. The predicted octanol–water partition coefficient (Wildman–Crippen LogP) is 18.5. The smallest absolute Gasteiger partial charge is 0.143 e. The summed E-state index contributed by atoms with van der Waals surface area (Å²) in [4.78, 5) is 4.82. The third kappa shape index (κ3) is 8.41. The lowest BCUT2D eigenvalue weighted by Crippen LogP contribution is -2.16. The summed E-state index contributed by atoms with van der Waals surface area (Å²) >= 11 is 0. The molecule has 4 nitrogen and oxygen atoms in total. The Kier molecular flexibility index (Phi) is 11.0. The van der Waals surface area contributed by atoms with Gasteiger partial charge in [0.15, 0.2) is 0 Å². The quantitative estimate of drug-likeness (QED) is 0.154. The van der Waals surface area contributed by atoms with E-state index < -0.39 is 0 Å². The maximum absolute atomic E-state index is 7.08. The lowest BCUT2D eigenvalue weighted by Gasteiger charge is -2.32. The molecule has 68 heavy (non-hydrogen) atoms. The van der Waals surface area contributed by atoms with Gasteiger partial charge in [0.1, 0.15) is 11.2 Å². The number of nitrogens with zero attached hydrogens (tertiary/aromatic N) is 2. The van der Waals surface area contributed by atoms with Crippen LogP contribution in [0.15, 0.2) is 199 Å². The van der Waals surface area contributed by atoms with Crippen molar-refractivity contribution in [2.75, 3.05) is 15.5 Å². The summed E-state index contributed by atoms with van der Waals surface area (Å²) < 4.78 is 6.82. The highest BCUT2D eigenvalue weighted by atomic mass is 16.3. The van der Waals surface area contributed by atoms with E-state index in [-0.39, 0.29) is 16.2 Å². The number of rotatable bonds is 8. The molecule has 0 aliphatic heterocycles. The topological polar surface area (TPSA) is 45.6 Å². The van der Waals surface area contributed by atoms with E-state index in [4.69, 9.17) is 10.2 Å². The third-order valence-electron chi connectivity index (χ3n) is 13.4. The van der Waals surface area contributed by atoms with Crippen LogP contribution in [0.2, 0.25) is 0 Å². The molecule has 0 aliphatic carbocycles. The number of para-hydroxylation sites is 1. The van der Waals surface area contributed by atoms with Gasteiger partial charge in [-0.1, -0.05) is 172 Å². The van der Waals surface area contributed by atoms with Gasteiger partial charge in [0.25, 0.3) is 0 Å². The Morgan fingerprint density at radius 1 is 0.368 bits per heavy atom. The van der Waals surface area contributed by atoms with Crippen molar-refractivity contribution in [3.05, 3.63) is 211 Å². The fourth-order valence-corrected chi connectivity index (χ4v) is 9.55. The van der Waals surface area contributed by atoms with Crippen molar-refractivity contribution in [2.24, 2.45) is 0 Å². The average Bonchev–Trinajstić information content (AvgIpc) is 3.70. The molecule has 0 saturated heterocycles. The van der Waals surface area contributed by atoms with Crippen molar-refractivity contribution in [2.45, 2.75) is 78.6 Å². The minimum atomic E-state index is -0.0756. The van der Waals surface area contributed by atoms with Crippen LogP contribution >= 0.6 is 0 Å². The number of hydrogen-bond acceptors (Lipinski definition) is 4. The fourth-order valence-electron chi connectivity index (χ4n) is 9.55. The molecule has 10 rings (SSSR count). The van der Waals surface area contributed by atoms with E-state index in [1.165, 1.54) is 16.7 Å². The molecule has 0 atom stereocenters. The summed E-state index contributed by atoms with van der Waals surface area (Å²) in [6.45, 7) is 20.5. The average molecular weight is 888 g/mol. The van der Waals surface area contributed by atoms with E-state index in [0.29, 0.717) is 5.69 Å². The van der Waals surface area contributed by atoms with Gasteiger partial charge >= 0.3 is 0 Å². The predicted molar refractivity (Wildman–Crippen MR) is 292 cm³/mol. The van der Waals surface area contributed by atoms with Crippen molar-refractivity contribution in [1.29, 1.82) is 0 Å². The first-order valence-corrected chi connectivity index (χ1v) is 23.9. The van der Waals surface area contributed by atoms with Crippen LogP contribution in [0.25, 0.3) is 55.0 Å². The van der Waals surface area contributed by atoms with Crippen LogP contribution in [0.4, 0.5) is 39.8 Å². The van der Waals surface area contributed by atoms with Gasteiger partial charge in [0.05, 0.1) is 5.69 Å². The molecule has 2 N–H and O–H groups in total. The van der Waals surface area contributed by atoms with Crippen molar-refractivity contribution in [1.82, 2.24) is 0 Å². The van der Waals surface area contributed by atoms with Crippen LogP contribution in [0.5, 0.6) is 0 Å². The second-order valence-corrected chi connectivity index (χ2v) is 21.4. The highest BCUT2D eigenvalue weighted by Gasteiger charge is 2.26. The summed E-state index contributed by atoms with van der Waals surface area (Å²) in [6, 6.07) is 70.5. The summed E-state index contributed by atoms with van der Waals surface area (Å²) in [6.07, 6.45) is 0. The normalized spacial score (nSPS) is 12.2. The fraction of sp³-hybridized carbons (Fsp3) is 0.188. The van der Waals surface area contributed by atoms with Crippen molar-refractivity contribution >= 4 is 72.5 Å². The molecule has 0 radical (unpaired) electrons. The highest BCUT2D eigenvalue weighted by Crippen LogP contribution is 2.49. The van der Waals surface area contributed by atoms with Crippen LogP contribution in [0.1, 0.15) is 79.0 Å². The molecule has 338 valence electrons. The maximum atomic E-state index is 7.08. The van der Waals surface area contributed by atoms with E-state index >= 15 is 0 Å². The molecule has 1 heterocycles. The van der Waals surface area contributed by atoms with Gasteiger partial charge in [-0.2, -0.15) is 0 Å². The molecular formula is C64H61N3O. The van der Waals surface area contributed by atoms with Crippen LogP contribution in [-0.4, -0.2) is 0 Å². The Balaban J connectivity index is 1.26. The molecule has 0 saturated carbocycles. The van der Waals surface area contributed by atoms with Crippen LogP contribution in [0.3, 0.4) is 0 Å². The number of fused-ring (bicyclic) bond motifs is 4. The van der Waals surface area contributed by atoms with E-state index in [0.717, 1.165) is 89.1 Å². The Labute approximate surface area is 402 Å². The third-order valence-corrected chi connectivity index (χ3v) is 13.4. The molecule has 0 aliphatic rings. The first kappa shape index (κ1) is 44.3. The van der Waals surface area contributed by atoms with E-state index in [2.05, 4.69) is 260 Å². The van der Waals surface area contributed by atoms with Crippen molar-refractivity contribution in [3.8, 4) is 22.3 Å². The Hall–Kier alpha value is -7.56. The van der Waals surface area contributed by atoms with Gasteiger partial charge in [-0.05, 0) is 134 Å². The summed E-state index contributed by atoms with van der Waals surface area (Å²) in [5.74, 6) is 0. The van der Waals surface area contributed by atoms with Crippen molar-refractivity contribution < 1.29 is 4.42 Å². The number of nitrogen functional groups attached to an aromatic ring is 1. The zero-order valence-electron chi connectivity index (χ0n) is 40.9. The summed E-state index contributed by atoms with van der Waals surface area (Å²) in [5.41, 5.74) is 23.6. The standard InChI is InChI=1S/C64H61N3O/c1-62(2,3)45-26-31-48(32-27-45)66(49-33-28-46(29-34-49)63(4,5)6)50-22-17-23-51(39-50)67(59-35-30-47(64(7,8)9)38-54(59)42-18-11-10-12-19-42)52-40-56-53-24-15-16-25-60(53)68-61(56)57(41-52)55-36-43-20-13-14-21-44(43)37-58(55)65/h10-41H,65H2,1-9H3. The van der Waals surface area contributed by atoms with Gasteiger partial charge < -0.3 is 20.0 Å². The summed E-state index contributed by atoms with van der Waals surface area (Å²) in [7, 11) is 0. The molecule has 0 bridgehead atoms. The molecule has 0 unspecified atom stereocenters. The van der Waals surface area contributed by atoms with E-state index in [9.17, 15) is 0 Å². The highest BCUT2D eigenvalue weighted by molar-refractivity contribution is 6.13. The molecule has 1 aromatic heterocycles. The molecular weight excluding hydrogens is 827 g/mol. The largest absolute Gasteiger partial charge is 0.455 e. The SMILES string of the molecule is CC(C)(C)c1ccc(N(c2ccc(C(C)(C)C)cc2)c2cccc(N(c3cc(-c4cc5ccccc5cc4N)c4oc5ccccc5c4c3)c3ccc(C(C)(C)C)cc3-c3ccccc3)c2)cc1. The molecule has 0 amide bonds. The minimum Gasteiger partial charge on any atom is -0.455 e. The van der Waals surface area contributed by atoms with Crippen LogP contribution in [-0.2, 0) is 16.2 Å². The van der Waals surface area contributed by atoms with Crippen LogP contribution in [0, 0.1) is 0 Å². The first-order valence-electron chi connectivity index (χ1n) is 23.9. The number of benzene rings is 9. The second kappa shape index (κ2) is 16.9. The number of hydrogen-bond donors (Lipinski definition) is 1. The van der Waals surface area contributed by atoms with Gasteiger partial charge in [0, 0.05) is 61.6 Å². The molecule has 0 fully saturated rings. The van der Waals surface area contributed by atoms with E-state index in [1.807, 2.05) is 6.07 Å². The molecule has 10 aromatic rings. The zero-order valence-corrected chi connectivity index (χ0v) is 40.9. The number of nitrogens with two attached hydrogens (primary N) is 1. The first-order chi connectivity index (χ1) is 32.5. The monoisotopic (exact) mass is 887 g/mol. The molecule has 0 spiro atoms. The van der Waals surface area contributed by atoms with Gasteiger partial charge in [-0.3, -0.25) is 0 Å². The molecule has 9 aromatic carbocycles. The van der Waals surface area contributed by atoms with Gasteiger partial charge in [-0.15, -0.1) is 0 Å².